The molecule has 42 heavy (non-hydrogen) atoms. The first-order valence-electron chi connectivity index (χ1n) is 13.9. The van der Waals surface area contributed by atoms with E-state index in [2.05, 4.69) is 25.6 Å². The molecule has 2 atom stereocenters. The van der Waals surface area contributed by atoms with Gasteiger partial charge in [-0.15, -0.1) is 0 Å². The number of nitrogens with zero attached hydrogens (tertiary/aromatic N) is 4. The Morgan fingerprint density at radius 1 is 1.00 bits per heavy atom. The van der Waals surface area contributed by atoms with Gasteiger partial charge in [0.25, 0.3) is 0 Å². The van der Waals surface area contributed by atoms with Crippen LogP contribution >= 0.6 is 0 Å². The van der Waals surface area contributed by atoms with Crippen molar-refractivity contribution in [3.63, 3.8) is 0 Å². The first-order valence-corrected chi connectivity index (χ1v) is 13.9. The van der Waals surface area contributed by atoms with Gasteiger partial charge in [-0.05, 0) is 78.3 Å². The highest BCUT2D eigenvalue weighted by molar-refractivity contribution is 5.90. The molecule has 214 valence electrons. The summed E-state index contributed by atoms with van der Waals surface area (Å²) in [5, 5.41) is 15.5. The van der Waals surface area contributed by atoms with Crippen LogP contribution in [0.1, 0.15) is 25.7 Å². The maximum Gasteiger partial charge on any atom is 0.225 e. The van der Waals surface area contributed by atoms with Crippen LogP contribution in [0.15, 0.2) is 79.3 Å². The van der Waals surface area contributed by atoms with E-state index in [4.69, 9.17) is 4.74 Å². The smallest absolute Gasteiger partial charge is 0.225 e. The van der Waals surface area contributed by atoms with Crippen LogP contribution in [0.4, 0.5) is 21.8 Å². The van der Waals surface area contributed by atoms with Crippen molar-refractivity contribution in [3.8, 4) is 22.6 Å². The number of imidazole rings is 1. The molecule has 1 unspecified atom stereocenters. The van der Waals surface area contributed by atoms with Crippen LogP contribution < -0.4 is 15.4 Å². The van der Waals surface area contributed by atoms with Crippen molar-refractivity contribution < 1.29 is 19.0 Å². The van der Waals surface area contributed by atoms with Gasteiger partial charge in [-0.25, -0.2) is 14.4 Å². The number of aryl methyl sites for hydroxylation is 1. The fraction of sp³-hybridized carbons (Fsp3) is 0.250. The predicted molar refractivity (Wildman–Crippen MR) is 159 cm³/mol. The molecule has 1 fully saturated rings. The van der Waals surface area contributed by atoms with Crippen LogP contribution in [0.3, 0.4) is 0 Å². The van der Waals surface area contributed by atoms with Gasteiger partial charge >= 0.3 is 0 Å². The summed E-state index contributed by atoms with van der Waals surface area (Å²) in [5.41, 5.74) is 3.61. The van der Waals surface area contributed by atoms with Crippen molar-refractivity contribution in [2.24, 2.45) is 18.9 Å². The Kier molecular flexibility index (Phi) is 7.78. The highest BCUT2D eigenvalue weighted by Gasteiger charge is 2.28. The monoisotopic (exact) mass is 566 g/mol. The van der Waals surface area contributed by atoms with Gasteiger partial charge in [-0.1, -0.05) is 12.5 Å². The molecule has 0 spiro atoms. The van der Waals surface area contributed by atoms with E-state index in [1.807, 2.05) is 35.9 Å². The molecular weight excluding hydrogens is 535 g/mol. The van der Waals surface area contributed by atoms with E-state index in [1.54, 1.807) is 48.9 Å². The minimum Gasteiger partial charge on any atom is -0.457 e. The largest absolute Gasteiger partial charge is 0.457 e. The number of aromatic nitrogens is 4. The number of carbonyl (C=O) groups excluding carboxylic acids is 1. The first kappa shape index (κ1) is 27.3. The molecule has 2 aromatic carbocycles. The van der Waals surface area contributed by atoms with Crippen LogP contribution in [0.5, 0.6) is 11.5 Å². The van der Waals surface area contributed by atoms with E-state index < -0.39 is 0 Å². The van der Waals surface area contributed by atoms with E-state index in [0.717, 1.165) is 35.9 Å². The molecule has 1 saturated carbocycles. The van der Waals surface area contributed by atoms with E-state index in [9.17, 15) is 14.3 Å². The summed E-state index contributed by atoms with van der Waals surface area (Å²) in [5.74, 6) is 1.82. The number of pyridine rings is 2. The average Bonchev–Trinajstić information content (AvgIpc) is 3.57. The second-order valence-corrected chi connectivity index (χ2v) is 10.6. The fourth-order valence-electron chi connectivity index (χ4n) is 5.55. The van der Waals surface area contributed by atoms with Crippen LogP contribution in [-0.2, 0) is 11.8 Å². The third-order valence-corrected chi connectivity index (χ3v) is 7.81. The quantitative estimate of drug-likeness (QED) is 0.188. The first-order chi connectivity index (χ1) is 20.5. The summed E-state index contributed by atoms with van der Waals surface area (Å²) < 4.78 is 22.7. The lowest BCUT2D eigenvalue weighted by Gasteiger charge is -2.16. The summed E-state index contributed by atoms with van der Waals surface area (Å²) in [6.45, 7) is 0.119. The fourth-order valence-corrected chi connectivity index (χ4v) is 5.55. The Balaban J connectivity index is 1.16. The summed E-state index contributed by atoms with van der Waals surface area (Å²) >= 11 is 0. The lowest BCUT2D eigenvalue weighted by molar-refractivity contribution is -0.117. The molecule has 0 aliphatic heterocycles. The number of hydrogen-bond donors (Lipinski definition) is 3. The molecule has 9 nitrogen and oxygen atoms in total. The molecule has 3 N–H and O–H groups in total. The SMILES string of the molecule is Cn1c(Nc2cc(-c3ccncc3)ccc2F)nc2cc(Oc3ccnc(NC(=O)CC4CCC[C@H]4CO)c3)ccc21. The summed E-state index contributed by atoms with van der Waals surface area (Å²) in [6, 6.07) is 17.5. The second kappa shape index (κ2) is 12.0. The molecule has 1 aliphatic carbocycles. The number of anilines is 3. The minimum atomic E-state index is -0.388. The highest BCUT2D eigenvalue weighted by atomic mass is 19.1. The molecule has 0 bridgehead atoms. The van der Waals surface area contributed by atoms with Crippen LogP contribution in [0, 0.1) is 17.7 Å². The van der Waals surface area contributed by atoms with Gasteiger partial charge in [-0.2, -0.15) is 0 Å². The molecule has 0 radical (unpaired) electrons. The third-order valence-electron chi connectivity index (χ3n) is 7.81. The third kappa shape index (κ3) is 5.94. The molecule has 5 aromatic rings. The zero-order valence-corrected chi connectivity index (χ0v) is 23.1. The van der Waals surface area contributed by atoms with Crippen molar-refractivity contribution in [1.82, 2.24) is 19.5 Å². The Morgan fingerprint density at radius 2 is 1.81 bits per heavy atom. The number of aliphatic hydroxyl groups excluding tert-OH is 1. The van der Waals surface area contributed by atoms with Gasteiger partial charge < -0.3 is 25.0 Å². The number of nitrogens with one attached hydrogen (secondary N) is 2. The number of ether oxygens (including phenoxy) is 1. The number of aliphatic hydroxyl groups is 1. The Labute approximate surface area is 242 Å². The van der Waals surface area contributed by atoms with E-state index in [0.29, 0.717) is 40.9 Å². The van der Waals surface area contributed by atoms with E-state index >= 15 is 0 Å². The molecule has 3 heterocycles. The number of carbonyl (C=O) groups is 1. The zero-order chi connectivity index (χ0) is 29.1. The molecule has 1 amide bonds. The lowest BCUT2D eigenvalue weighted by Crippen LogP contribution is -2.21. The standard InChI is InChI=1S/C32H31FN6O3/c1-39-29-8-6-24(42-25-11-14-35-30(18-25)38-31(41)16-21-3-2-4-23(21)19-40)17-28(29)37-32(39)36-27-15-22(5-7-26(27)33)20-9-12-34-13-10-20/h5-15,17-18,21,23,40H,2-4,16,19H2,1H3,(H,36,37)(H,35,38,41)/t21?,23-/m0/s1. The summed E-state index contributed by atoms with van der Waals surface area (Å²) in [4.78, 5) is 25.6. The van der Waals surface area contributed by atoms with Crippen molar-refractivity contribution in [2.45, 2.75) is 25.7 Å². The van der Waals surface area contributed by atoms with Gasteiger partial charge in [0, 0.05) is 50.8 Å². The van der Waals surface area contributed by atoms with Crippen LogP contribution in [-0.4, -0.2) is 37.1 Å². The maximum absolute atomic E-state index is 14.7. The van der Waals surface area contributed by atoms with Gasteiger partial charge in [0.15, 0.2) is 0 Å². The second-order valence-electron chi connectivity index (χ2n) is 10.6. The number of fused-ring (bicyclic) bond motifs is 1. The average molecular weight is 567 g/mol. The molecule has 6 rings (SSSR count). The minimum absolute atomic E-state index is 0.119. The number of amides is 1. The number of benzene rings is 2. The van der Waals surface area contributed by atoms with E-state index in [1.165, 1.54) is 6.07 Å². The highest BCUT2D eigenvalue weighted by Crippen LogP contribution is 2.34. The normalized spacial score (nSPS) is 16.5. The zero-order valence-electron chi connectivity index (χ0n) is 23.1. The van der Waals surface area contributed by atoms with Crippen molar-refractivity contribution in [3.05, 3.63) is 85.1 Å². The van der Waals surface area contributed by atoms with Crippen LogP contribution in [0.25, 0.3) is 22.2 Å². The molecule has 3 aromatic heterocycles. The summed E-state index contributed by atoms with van der Waals surface area (Å²) in [6.07, 6.45) is 8.30. The van der Waals surface area contributed by atoms with Crippen molar-refractivity contribution >= 4 is 34.4 Å². The van der Waals surface area contributed by atoms with Crippen molar-refractivity contribution in [2.75, 3.05) is 17.2 Å². The Morgan fingerprint density at radius 3 is 2.64 bits per heavy atom. The molecular formula is C32H31FN6O3. The molecule has 1 aliphatic rings. The predicted octanol–water partition coefficient (Wildman–Crippen LogP) is 6.44. The Bertz CT molecular complexity index is 1720. The Hall–Kier alpha value is -4.83. The topological polar surface area (TPSA) is 114 Å². The molecule has 10 heteroatoms. The molecule has 0 saturated heterocycles. The number of halogens is 1. The maximum atomic E-state index is 14.7. The number of hydrogen-bond acceptors (Lipinski definition) is 7. The van der Waals surface area contributed by atoms with Gasteiger partial charge in [0.2, 0.25) is 11.9 Å². The van der Waals surface area contributed by atoms with Crippen molar-refractivity contribution in [1.29, 1.82) is 0 Å². The van der Waals surface area contributed by atoms with E-state index in [-0.39, 0.29) is 30.2 Å². The van der Waals surface area contributed by atoms with Gasteiger partial charge in [0.1, 0.15) is 23.1 Å². The van der Waals surface area contributed by atoms with Crippen LogP contribution in [0.2, 0.25) is 0 Å². The van der Waals surface area contributed by atoms with Gasteiger partial charge in [-0.3, -0.25) is 9.78 Å². The lowest BCUT2D eigenvalue weighted by atomic mass is 9.93. The summed E-state index contributed by atoms with van der Waals surface area (Å²) in [7, 11) is 1.86. The number of rotatable bonds is 9. The van der Waals surface area contributed by atoms with Gasteiger partial charge in [0.05, 0.1) is 16.7 Å².